The Kier molecular flexibility index (Phi) is 4.81. The maximum absolute atomic E-state index is 14.4. The molecule has 2 saturated heterocycles. The van der Waals surface area contributed by atoms with E-state index in [1.54, 1.807) is 6.07 Å². The molecular formula is C25H27FO4. The molecule has 30 heavy (non-hydrogen) atoms. The van der Waals surface area contributed by atoms with Gasteiger partial charge in [0, 0.05) is 6.07 Å². The number of benzene rings is 2. The van der Waals surface area contributed by atoms with Gasteiger partial charge in [-0.05, 0) is 86.1 Å². The molecule has 2 aromatic rings. The number of ether oxygens (including phenoxy) is 2. The summed E-state index contributed by atoms with van der Waals surface area (Å²) < 4.78 is 26.7. The van der Waals surface area contributed by atoms with Crippen LogP contribution in [0, 0.1) is 23.1 Å². The molecule has 1 N–H and O–H groups in total. The normalized spacial score (nSPS) is 32.0. The zero-order valence-electron chi connectivity index (χ0n) is 17.0. The van der Waals surface area contributed by atoms with E-state index in [4.69, 9.17) is 14.6 Å². The molecule has 2 aromatic carbocycles. The van der Waals surface area contributed by atoms with Gasteiger partial charge in [0.15, 0.2) is 0 Å². The molecule has 0 spiro atoms. The van der Waals surface area contributed by atoms with Crippen molar-refractivity contribution < 1.29 is 23.8 Å². The predicted molar refractivity (Wildman–Crippen MR) is 110 cm³/mol. The van der Waals surface area contributed by atoms with Gasteiger partial charge < -0.3 is 14.6 Å². The standard InChI is InChI=1S/C25H27FO4/c26-19-13-18(14-21(15-19)30-20-4-2-1-3-5-20)25-10-8-24(9-11-25,16-29-25)7-6-17-12-22(17)23(27)28/h1-5,13-15,17,22H,6-12,16H2,(H,27,28)/t17-,22-,24?,25?/m1/s1. The number of carboxylic acid groups (broad SMARTS) is 1. The van der Waals surface area contributed by atoms with E-state index in [-0.39, 0.29) is 17.2 Å². The Morgan fingerprint density at radius 3 is 2.50 bits per heavy atom. The van der Waals surface area contributed by atoms with Crippen LogP contribution in [0.3, 0.4) is 0 Å². The number of fused-ring (bicyclic) bond motifs is 3. The van der Waals surface area contributed by atoms with Crippen molar-refractivity contribution in [3.8, 4) is 11.5 Å². The fourth-order valence-corrected chi connectivity index (χ4v) is 5.33. The number of para-hydroxylation sites is 1. The predicted octanol–water partition coefficient (Wildman–Crippen LogP) is 5.90. The molecule has 0 aromatic heterocycles. The Morgan fingerprint density at radius 1 is 1.10 bits per heavy atom. The first-order valence-corrected chi connectivity index (χ1v) is 10.9. The van der Waals surface area contributed by atoms with Crippen molar-refractivity contribution in [1.29, 1.82) is 0 Å². The molecule has 0 amide bonds. The number of hydrogen-bond donors (Lipinski definition) is 1. The van der Waals surface area contributed by atoms with Gasteiger partial charge in [-0.15, -0.1) is 0 Å². The molecule has 0 unspecified atom stereocenters. The molecule has 2 atom stereocenters. The molecule has 2 aliphatic heterocycles. The van der Waals surface area contributed by atoms with Crippen molar-refractivity contribution in [2.75, 3.05) is 6.61 Å². The van der Waals surface area contributed by atoms with Crippen molar-refractivity contribution in [1.82, 2.24) is 0 Å². The highest BCUT2D eigenvalue weighted by Crippen LogP contribution is 2.57. The van der Waals surface area contributed by atoms with Crippen LogP contribution in [0.25, 0.3) is 0 Å². The van der Waals surface area contributed by atoms with Gasteiger partial charge in [0.2, 0.25) is 0 Å². The second kappa shape index (κ2) is 7.38. The summed E-state index contributed by atoms with van der Waals surface area (Å²) in [7, 11) is 0. The Hall–Kier alpha value is -2.40. The SMILES string of the molecule is O=C(O)[C@@H]1C[C@H]1CCC12CCC(c3cc(F)cc(Oc4ccccc4)c3)(CC1)OC2. The number of rotatable bonds is 7. The van der Waals surface area contributed by atoms with Gasteiger partial charge in [-0.25, -0.2) is 4.39 Å². The molecule has 4 nitrogen and oxygen atoms in total. The van der Waals surface area contributed by atoms with Crippen molar-refractivity contribution in [3.05, 3.63) is 59.9 Å². The molecular weight excluding hydrogens is 383 g/mol. The van der Waals surface area contributed by atoms with E-state index in [9.17, 15) is 9.18 Å². The van der Waals surface area contributed by atoms with Crippen LogP contribution in [0.15, 0.2) is 48.5 Å². The van der Waals surface area contributed by atoms with Crippen LogP contribution < -0.4 is 4.74 Å². The summed E-state index contributed by atoms with van der Waals surface area (Å²) in [4.78, 5) is 11.1. The summed E-state index contributed by atoms with van der Waals surface area (Å²) in [6, 6.07) is 14.3. The average molecular weight is 410 g/mol. The lowest BCUT2D eigenvalue weighted by Gasteiger charge is -2.53. The van der Waals surface area contributed by atoms with Gasteiger partial charge in [-0.2, -0.15) is 0 Å². The fraction of sp³-hybridized carbons (Fsp3) is 0.480. The number of carboxylic acids is 1. The van der Waals surface area contributed by atoms with Crippen LogP contribution in [0.5, 0.6) is 11.5 Å². The summed E-state index contributed by atoms with van der Waals surface area (Å²) in [5.74, 6) is 0.408. The fourth-order valence-electron chi connectivity index (χ4n) is 5.33. The molecule has 2 bridgehead atoms. The number of halogens is 1. The first-order chi connectivity index (χ1) is 14.5. The lowest BCUT2D eigenvalue weighted by atomic mass is 9.62. The van der Waals surface area contributed by atoms with E-state index in [0.717, 1.165) is 50.5 Å². The summed E-state index contributed by atoms with van der Waals surface area (Å²) >= 11 is 0. The van der Waals surface area contributed by atoms with Crippen LogP contribution in [-0.2, 0) is 15.1 Å². The molecule has 2 saturated carbocycles. The van der Waals surface area contributed by atoms with E-state index >= 15 is 0 Å². The van der Waals surface area contributed by atoms with E-state index in [1.165, 1.54) is 6.07 Å². The molecule has 4 fully saturated rings. The lowest BCUT2D eigenvalue weighted by Crippen LogP contribution is -2.49. The Labute approximate surface area is 176 Å². The van der Waals surface area contributed by atoms with Crippen molar-refractivity contribution >= 4 is 5.97 Å². The number of hydrogen-bond acceptors (Lipinski definition) is 3. The van der Waals surface area contributed by atoms with Gasteiger partial charge in [-0.1, -0.05) is 18.2 Å². The molecule has 6 rings (SSSR count). The zero-order chi connectivity index (χ0) is 20.8. The van der Waals surface area contributed by atoms with E-state index in [0.29, 0.717) is 24.0 Å². The first kappa shape index (κ1) is 19.6. The third-order valence-corrected chi connectivity index (χ3v) is 7.43. The molecule has 4 aliphatic rings. The first-order valence-electron chi connectivity index (χ1n) is 10.9. The Bertz CT molecular complexity index is 917. The summed E-state index contributed by atoms with van der Waals surface area (Å²) in [5, 5.41) is 9.12. The van der Waals surface area contributed by atoms with Crippen LogP contribution >= 0.6 is 0 Å². The van der Waals surface area contributed by atoms with E-state index in [2.05, 4.69) is 0 Å². The molecule has 158 valence electrons. The van der Waals surface area contributed by atoms with Crippen LogP contribution in [0.2, 0.25) is 0 Å². The van der Waals surface area contributed by atoms with Crippen molar-refractivity contribution in [2.24, 2.45) is 17.3 Å². The quantitative estimate of drug-likeness (QED) is 0.617. The van der Waals surface area contributed by atoms with Crippen LogP contribution in [0.4, 0.5) is 4.39 Å². The maximum atomic E-state index is 14.4. The largest absolute Gasteiger partial charge is 0.481 e. The smallest absolute Gasteiger partial charge is 0.306 e. The monoisotopic (exact) mass is 410 g/mol. The van der Waals surface area contributed by atoms with Crippen LogP contribution in [-0.4, -0.2) is 17.7 Å². The average Bonchev–Trinajstić information content (AvgIpc) is 3.54. The number of aliphatic carboxylic acids is 1. The summed E-state index contributed by atoms with van der Waals surface area (Å²) in [5.41, 5.74) is 0.571. The minimum Gasteiger partial charge on any atom is -0.481 e. The summed E-state index contributed by atoms with van der Waals surface area (Å²) in [6.45, 7) is 0.669. The van der Waals surface area contributed by atoms with Gasteiger partial charge in [0.05, 0.1) is 18.1 Å². The van der Waals surface area contributed by atoms with E-state index < -0.39 is 11.6 Å². The Balaban J connectivity index is 1.27. The topological polar surface area (TPSA) is 55.8 Å². The van der Waals surface area contributed by atoms with Crippen LogP contribution in [0.1, 0.15) is 50.5 Å². The lowest BCUT2D eigenvalue weighted by molar-refractivity contribution is -0.192. The third-order valence-electron chi connectivity index (χ3n) is 7.43. The molecule has 0 radical (unpaired) electrons. The van der Waals surface area contributed by atoms with E-state index in [1.807, 2.05) is 36.4 Å². The molecule has 5 heteroatoms. The van der Waals surface area contributed by atoms with Gasteiger partial charge in [0.1, 0.15) is 17.3 Å². The molecule has 2 aliphatic carbocycles. The highest BCUT2D eigenvalue weighted by atomic mass is 19.1. The minimum absolute atomic E-state index is 0.135. The van der Waals surface area contributed by atoms with Gasteiger partial charge in [0.25, 0.3) is 0 Å². The summed E-state index contributed by atoms with van der Waals surface area (Å²) in [6.07, 6.45) is 6.66. The maximum Gasteiger partial charge on any atom is 0.306 e. The van der Waals surface area contributed by atoms with Gasteiger partial charge in [-0.3, -0.25) is 4.79 Å². The highest BCUT2D eigenvalue weighted by Gasteiger charge is 2.52. The van der Waals surface area contributed by atoms with Gasteiger partial charge >= 0.3 is 5.97 Å². The third kappa shape index (κ3) is 3.71. The van der Waals surface area contributed by atoms with Crippen molar-refractivity contribution in [2.45, 2.75) is 50.5 Å². The Morgan fingerprint density at radius 2 is 1.87 bits per heavy atom. The van der Waals surface area contributed by atoms with Crippen molar-refractivity contribution in [3.63, 3.8) is 0 Å². The minimum atomic E-state index is -0.653. The molecule has 2 heterocycles. The highest BCUT2D eigenvalue weighted by molar-refractivity contribution is 5.73. The number of carbonyl (C=O) groups is 1. The second-order valence-electron chi connectivity index (χ2n) is 9.35. The second-order valence-corrected chi connectivity index (χ2v) is 9.35. The zero-order valence-corrected chi connectivity index (χ0v) is 17.0.